The van der Waals surface area contributed by atoms with Crippen LogP contribution in [-0.4, -0.2) is 43.6 Å². The van der Waals surface area contributed by atoms with Gasteiger partial charge in [0, 0.05) is 18.6 Å². The summed E-state index contributed by atoms with van der Waals surface area (Å²) in [5, 5.41) is 0. The molecule has 2 atom stereocenters. The second-order valence-corrected chi connectivity index (χ2v) is 7.93. The number of halogens is 1. The highest BCUT2D eigenvalue weighted by Gasteiger charge is 2.52. The molecule has 1 aromatic carbocycles. The van der Waals surface area contributed by atoms with Gasteiger partial charge < -0.3 is 18.9 Å². The Morgan fingerprint density at radius 2 is 1.58 bits per heavy atom. The molecular weight excluding hydrogens is 308 g/mol. The van der Waals surface area contributed by atoms with Crippen molar-refractivity contribution in [1.29, 1.82) is 0 Å². The van der Waals surface area contributed by atoms with Gasteiger partial charge >= 0.3 is 7.12 Å². The van der Waals surface area contributed by atoms with Crippen molar-refractivity contribution in [1.82, 2.24) is 0 Å². The number of hydrogen-bond donors (Lipinski definition) is 0. The number of rotatable bonds is 2. The summed E-state index contributed by atoms with van der Waals surface area (Å²) in [5.41, 5.74) is 0.0756. The molecule has 2 saturated heterocycles. The second-order valence-electron chi connectivity index (χ2n) is 7.93. The van der Waals surface area contributed by atoms with Gasteiger partial charge in [-0.05, 0) is 47.6 Å². The van der Waals surface area contributed by atoms with E-state index in [1.807, 2.05) is 58.6 Å². The van der Waals surface area contributed by atoms with E-state index in [4.69, 9.17) is 14.0 Å². The van der Waals surface area contributed by atoms with Gasteiger partial charge in [0.05, 0.1) is 29.1 Å². The Morgan fingerprint density at radius 3 is 2.12 bits per heavy atom. The van der Waals surface area contributed by atoms with Crippen molar-refractivity contribution >= 4 is 18.3 Å². The molecule has 0 aromatic heterocycles. The van der Waals surface area contributed by atoms with Crippen LogP contribution in [0.3, 0.4) is 0 Å². The summed E-state index contributed by atoms with van der Waals surface area (Å²) < 4.78 is 33.0. The molecule has 2 heterocycles. The maximum Gasteiger partial charge on any atom is 0.497 e. The van der Waals surface area contributed by atoms with E-state index in [1.165, 1.54) is 0 Å². The van der Waals surface area contributed by atoms with Crippen LogP contribution in [0.25, 0.3) is 0 Å². The van der Waals surface area contributed by atoms with Crippen LogP contribution >= 0.6 is 0 Å². The van der Waals surface area contributed by atoms with E-state index >= 15 is 4.39 Å². The van der Waals surface area contributed by atoms with Crippen molar-refractivity contribution in [2.24, 2.45) is 0 Å². The molecule has 0 saturated carbocycles. The largest absolute Gasteiger partial charge is 0.497 e. The molecule has 4 nitrogen and oxygen atoms in total. The lowest BCUT2D eigenvalue weighted by Gasteiger charge is -2.37. The van der Waals surface area contributed by atoms with Crippen molar-refractivity contribution in [3.63, 3.8) is 0 Å². The Balaban J connectivity index is 1.90. The molecule has 1 aromatic rings. The summed E-state index contributed by atoms with van der Waals surface area (Å²) in [6, 6.07) is 5.42. The molecule has 0 radical (unpaired) electrons. The van der Waals surface area contributed by atoms with Crippen LogP contribution in [0.2, 0.25) is 0 Å². The zero-order chi connectivity index (χ0) is 17.7. The van der Waals surface area contributed by atoms with Gasteiger partial charge in [-0.25, -0.2) is 4.39 Å². The lowest BCUT2D eigenvalue weighted by Crippen LogP contribution is -2.47. The highest BCUT2D eigenvalue weighted by Crippen LogP contribution is 2.37. The summed E-state index contributed by atoms with van der Waals surface area (Å²) in [5.74, 6) is -0.266. The van der Waals surface area contributed by atoms with Crippen LogP contribution in [0.5, 0.6) is 0 Å². The van der Waals surface area contributed by atoms with Crippen LogP contribution in [-0.2, 0) is 14.0 Å². The van der Waals surface area contributed by atoms with Crippen LogP contribution in [0.15, 0.2) is 18.2 Å². The maximum absolute atomic E-state index is 15.2. The normalized spacial score (nSPS) is 29.1. The van der Waals surface area contributed by atoms with E-state index in [9.17, 15) is 0 Å². The van der Waals surface area contributed by atoms with Gasteiger partial charge in [-0.3, -0.25) is 0 Å². The fourth-order valence-electron chi connectivity index (χ4n) is 3.31. The van der Waals surface area contributed by atoms with Crippen molar-refractivity contribution in [3.05, 3.63) is 24.0 Å². The fourth-order valence-corrected chi connectivity index (χ4v) is 3.31. The van der Waals surface area contributed by atoms with Crippen molar-refractivity contribution in [3.8, 4) is 0 Å². The first-order valence-corrected chi connectivity index (χ1v) is 8.65. The molecule has 0 N–H and O–H groups in total. The van der Waals surface area contributed by atoms with E-state index in [1.54, 1.807) is 6.07 Å². The summed E-state index contributed by atoms with van der Waals surface area (Å²) in [4.78, 5) is 2.04. The van der Waals surface area contributed by atoms with Crippen LogP contribution < -0.4 is 10.4 Å². The van der Waals surface area contributed by atoms with Gasteiger partial charge in [-0.15, -0.1) is 0 Å². The van der Waals surface area contributed by atoms with Gasteiger partial charge in [0.1, 0.15) is 5.82 Å². The Labute approximate surface area is 144 Å². The van der Waals surface area contributed by atoms with Gasteiger partial charge in [0.2, 0.25) is 0 Å². The average Bonchev–Trinajstić information content (AvgIpc) is 2.66. The van der Waals surface area contributed by atoms with Gasteiger partial charge in [0.15, 0.2) is 0 Å². The molecule has 2 fully saturated rings. The summed E-state index contributed by atoms with van der Waals surface area (Å²) >= 11 is 0. The van der Waals surface area contributed by atoms with Crippen molar-refractivity contribution < 1.29 is 18.4 Å². The molecule has 0 spiro atoms. The Morgan fingerprint density at radius 1 is 1.04 bits per heavy atom. The van der Waals surface area contributed by atoms with Gasteiger partial charge in [0.25, 0.3) is 0 Å². The van der Waals surface area contributed by atoms with E-state index in [0.717, 1.165) is 0 Å². The third-order valence-corrected chi connectivity index (χ3v) is 5.28. The molecule has 2 aliphatic heterocycles. The molecule has 132 valence electrons. The minimum atomic E-state index is -0.689. The molecule has 3 rings (SSSR count). The van der Waals surface area contributed by atoms with E-state index < -0.39 is 18.3 Å². The monoisotopic (exact) mass is 335 g/mol. The quantitative estimate of drug-likeness (QED) is 0.778. The molecule has 0 unspecified atom stereocenters. The molecule has 2 aliphatic rings. The van der Waals surface area contributed by atoms with Gasteiger partial charge in [-0.2, -0.15) is 0 Å². The lowest BCUT2D eigenvalue weighted by molar-refractivity contribution is -0.00538. The number of anilines is 1. The first kappa shape index (κ1) is 17.7. The van der Waals surface area contributed by atoms with E-state index in [-0.39, 0.29) is 18.0 Å². The smallest absolute Gasteiger partial charge is 0.399 e. The van der Waals surface area contributed by atoms with Crippen LogP contribution in [0, 0.1) is 5.82 Å². The van der Waals surface area contributed by atoms with Crippen molar-refractivity contribution in [2.45, 2.75) is 65.0 Å². The third-order valence-electron chi connectivity index (χ3n) is 5.28. The molecule has 0 aliphatic carbocycles. The predicted molar refractivity (Wildman–Crippen MR) is 94.3 cm³/mol. The van der Waals surface area contributed by atoms with Crippen molar-refractivity contribution in [2.75, 3.05) is 18.0 Å². The standard InChI is InChI=1S/C18H27BFNO3/c1-12-10-21(11-13(2)22-12)15-9-7-8-14(16(15)20)19-23-17(3,4)18(5,6)24-19/h7-9,12-13H,10-11H2,1-6H3/t12-,13+. The van der Waals surface area contributed by atoms with E-state index in [0.29, 0.717) is 24.2 Å². The highest BCUT2D eigenvalue weighted by molar-refractivity contribution is 6.62. The third kappa shape index (κ3) is 3.07. The molecule has 0 amide bonds. The Kier molecular flexibility index (Phi) is 4.43. The average molecular weight is 335 g/mol. The first-order chi connectivity index (χ1) is 11.1. The predicted octanol–water partition coefficient (Wildman–Crippen LogP) is 2.74. The number of hydrogen-bond acceptors (Lipinski definition) is 4. The first-order valence-electron chi connectivity index (χ1n) is 8.65. The zero-order valence-corrected chi connectivity index (χ0v) is 15.4. The highest BCUT2D eigenvalue weighted by atomic mass is 19.1. The molecule has 24 heavy (non-hydrogen) atoms. The summed E-state index contributed by atoms with van der Waals surface area (Å²) in [6.07, 6.45) is 0.155. The lowest BCUT2D eigenvalue weighted by atomic mass is 9.78. The fraction of sp³-hybridized carbons (Fsp3) is 0.667. The molecular formula is C18H27BFNO3. The Bertz CT molecular complexity index is 596. The maximum atomic E-state index is 15.2. The molecule has 0 bridgehead atoms. The Hall–Kier alpha value is -1.11. The summed E-state index contributed by atoms with van der Waals surface area (Å²) in [6.45, 7) is 13.3. The summed E-state index contributed by atoms with van der Waals surface area (Å²) in [7, 11) is -0.689. The minimum Gasteiger partial charge on any atom is -0.399 e. The number of nitrogens with zero attached hydrogens (tertiary/aromatic N) is 1. The SMILES string of the molecule is C[C@@H]1CN(c2cccc(B3OC(C)(C)C(C)(C)O3)c2F)C[C@H](C)O1. The minimum absolute atomic E-state index is 0.0775. The number of ether oxygens (including phenoxy) is 1. The second kappa shape index (κ2) is 6.01. The number of benzene rings is 1. The zero-order valence-electron chi connectivity index (χ0n) is 15.4. The van der Waals surface area contributed by atoms with Crippen LogP contribution in [0.4, 0.5) is 10.1 Å². The van der Waals surface area contributed by atoms with Gasteiger partial charge in [-0.1, -0.05) is 12.1 Å². The van der Waals surface area contributed by atoms with Crippen LogP contribution in [0.1, 0.15) is 41.5 Å². The van der Waals surface area contributed by atoms with E-state index in [2.05, 4.69) is 0 Å². The molecule has 6 heteroatoms. The topological polar surface area (TPSA) is 30.9 Å². The number of morpholine rings is 1.